The van der Waals surface area contributed by atoms with Crippen LogP contribution < -0.4 is 5.32 Å². The normalized spacial score (nSPS) is 14.9. The van der Waals surface area contributed by atoms with Gasteiger partial charge in [0.15, 0.2) is 0 Å². The number of nitrogens with one attached hydrogen (secondary N) is 1. The van der Waals surface area contributed by atoms with Crippen molar-refractivity contribution in [2.75, 3.05) is 18.4 Å². The average molecular weight is 288 g/mol. The number of nitrogens with zero attached hydrogens (tertiary/aromatic N) is 1. The van der Waals surface area contributed by atoms with Gasteiger partial charge in [-0.15, -0.1) is 0 Å². The van der Waals surface area contributed by atoms with E-state index < -0.39 is 11.8 Å². The summed E-state index contributed by atoms with van der Waals surface area (Å²) < 4.78 is 0. The van der Waals surface area contributed by atoms with Crippen molar-refractivity contribution >= 4 is 17.5 Å². The van der Waals surface area contributed by atoms with E-state index in [0.29, 0.717) is 13.1 Å². The molecular weight excluding hydrogens is 264 g/mol. The molecule has 114 valence electrons. The fraction of sp³-hybridized carbons (Fsp3) is 0.529. The zero-order valence-corrected chi connectivity index (χ0v) is 12.9. The quantitative estimate of drug-likeness (QED) is 0.869. The first-order valence-electron chi connectivity index (χ1n) is 7.88. The fourth-order valence-electron chi connectivity index (χ4n) is 2.81. The van der Waals surface area contributed by atoms with Crippen LogP contribution in [-0.4, -0.2) is 29.8 Å². The van der Waals surface area contributed by atoms with Gasteiger partial charge in [-0.05, 0) is 43.2 Å². The second kappa shape index (κ2) is 7.25. The molecule has 1 N–H and O–H groups in total. The van der Waals surface area contributed by atoms with Crippen LogP contribution >= 0.6 is 0 Å². The van der Waals surface area contributed by atoms with E-state index in [1.54, 1.807) is 4.90 Å². The van der Waals surface area contributed by atoms with Crippen LogP contribution in [0, 0.1) is 0 Å². The Hall–Kier alpha value is -1.84. The summed E-state index contributed by atoms with van der Waals surface area (Å²) in [5.41, 5.74) is 2.97. The smallest absolute Gasteiger partial charge is 0.313 e. The minimum absolute atomic E-state index is 0.400. The number of carbonyl (C=O) groups is 2. The highest BCUT2D eigenvalue weighted by atomic mass is 16.2. The Morgan fingerprint density at radius 3 is 2.14 bits per heavy atom. The second-order valence-electron chi connectivity index (χ2n) is 5.47. The second-order valence-corrected chi connectivity index (χ2v) is 5.47. The zero-order valence-electron chi connectivity index (χ0n) is 12.9. The number of likely N-dealkylation sites (tertiary alicyclic amines) is 1. The van der Waals surface area contributed by atoms with Gasteiger partial charge in [0.25, 0.3) is 0 Å². The maximum atomic E-state index is 12.2. The SMILES string of the molecule is CCc1cccc(CC)c1NC(=O)C(=O)N1CCCCC1. The van der Waals surface area contributed by atoms with Gasteiger partial charge in [0.05, 0.1) is 0 Å². The largest absolute Gasteiger partial charge is 0.334 e. The van der Waals surface area contributed by atoms with E-state index in [1.807, 2.05) is 18.2 Å². The summed E-state index contributed by atoms with van der Waals surface area (Å²) in [6.07, 6.45) is 4.79. The van der Waals surface area contributed by atoms with Crippen LogP contribution in [0.3, 0.4) is 0 Å². The molecule has 1 aliphatic rings. The third-order valence-electron chi connectivity index (χ3n) is 4.07. The van der Waals surface area contributed by atoms with Crippen LogP contribution in [-0.2, 0) is 22.4 Å². The Morgan fingerprint density at radius 2 is 1.62 bits per heavy atom. The molecule has 21 heavy (non-hydrogen) atoms. The molecule has 0 spiro atoms. The fourth-order valence-corrected chi connectivity index (χ4v) is 2.81. The number of amides is 2. The zero-order chi connectivity index (χ0) is 15.2. The summed E-state index contributed by atoms with van der Waals surface area (Å²) in [7, 11) is 0. The topological polar surface area (TPSA) is 49.4 Å². The first-order valence-corrected chi connectivity index (χ1v) is 7.88. The first-order chi connectivity index (χ1) is 10.2. The molecule has 0 aromatic heterocycles. The number of anilines is 1. The lowest BCUT2D eigenvalue weighted by Gasteiger charge is -2.26. The van der Waals surface area contributed by atoms with Crippen molar-refractivity contribution in [2.45, 2.75) is 46.0 Å². The number of hydrogen-bond donors (Lipinski definition) is 1. The third-order valence-corrected chi connectivity index (χ3v) is 4.07. The van der Waals surface area contributed by atoms with Crippen molar-refractivity contribution < 1.29 is 9.59 Å². The first kappa shape index (κ1) is 15.5. The molecule has 0 aliphatic carbocycles. The highest BCUT2D eigenvalue weighted by Gasteiger charge is 2.24. The van der Waals surface area contributed by atoms with Crippen LogP contribution in [0.2, 0.25) is 0 Å². The van der Waals surface area contributed by atoms with E-state index in [1.165, 1.54) is 0 Å². The average Bonchev–Trinajstić information content (AvgIpc) is 2.55. The highest BCUT2D eigenvalue weighted by molar-refractivity contribution is 6.39. The molecule has 1 fully saturated rings. The molecule has 1 aromatic carbocycles. The van der Waals surface area contributed by atoms with Crippen molar-refractivity contribution in [3.05, 3.63) is 29.3 Å². The minimum atomic E-state index is -0.507. The van der Waals surface area contributed by atoms with Gasteiger partial charge >= 0.3 is 11.8 Å². The monoisotopic (exact) mass is 288 g/mol. The molecule has 2 amide bonds. The van der Waals surface area contributed by atoms with Crippen LogP contribution in [0.4, 0.5) is 5.69 Å². The predicted octanol–water partition coefficient (Wildman–Crippen LogP) is 2.76. The summed E-state index contributed by atoms with van der Waals surface area (Å²) in [5.74, 6) is -0.907. The van der Waals surface area contributed by atoms with Crippen molar-refractivity contribution in [3.63, 3.8) is 0 Å². The molecule has 0 bridgehead atoms. The van der Waals surface area contributed by atoms with Gasteiger partial charge in [0.1, 0.15) is 0 Å². The number of piperidine rings is 1. The van der Waals surface area contributed by atoms with Crippen LogP contribution in [0.1, 0.15) is 44.2 Å². The summed E-state index contributed by atoms with van der Waals surface area (Å²) in [6, 6.07) is 6.00. The Labute approximate surface area is 126 Å². The predicted molar refractivity (Wildman–Crippen MR) is 84.3 cm³/mol. The molecular formula is C17H24N2O2. The minimum Gasteiger partial charge on any atom is -0.334 e. The van der Waals surface area contributed by atoms with E-state index in [4.69, 9.17) is 0 Å². The highest BCUT2D eigenvalue weighted by Crippen LogP contribution is 2.22. The molecule has 4 nitrogen and oxygen atoms in total. The number of carbonyl (C=O) groups excluding carboxylic acids is 2. The Bertz CT molecular complexity index is 497. The van der Waals surface area contributed by atoms with E-state index >= 15 is 0 Å². The van der Waals surface area contributed by atoms with Gasteiger partial charge in [-0.3, -0.25) is 9.59 Å². The summed E-state index contributed by atoms with van der Waals surface area (Å²) in [5, 5.41) is 2.85. The summed E-state index contributed by atoms with van der Waals surface area (Å²) in [6.45, 7) is 5.50. The number of para-hydroxylation sites is 1. The number of rotatable bonds is 3. The van der Waals surface area contributed by atoms with Crippen molar-refractivity contribution in [2.24, 2.45) is 0 Å². The molecule has 0 atom stereocenters. The van der Waals surface area contributed by atoms with Crippen molar-refractivity contribution in [1.29, 1.82) is 0 Å². The van der Waals surface area contributed by atoms with Crippen LogP contribution in [0.15, 0.2) is 18.2 Å². The molecule has 0 unspecified atom stereocenters. The number of benzene rings is 1. The van der Waals surface area contributed by atoms with Crippen LogP contribution in [0.25, 0.3) is 0 Å². The summed E-state index contributed by atoms with van der Waals surface area (Å²) >= 11 is 0. The molecule has 1 aromatic rings. The molecule has 0 saturated carbocycles. The van der Waals surface area contributed by atoms with Gasteiger partial charge in [-0.2, -0.15) is 0 Å². The lowest BCUT2D eigenvalue weighted by atomic mass is 10.0. The molecule has 1 heterocycles. The molecule has 2 rings (SSSR count). The molecule has 1 saturated heterocycles. The maximum Gasteiger partial charge on any atom is 0.313 e. The van der Waals surface area contributed by atoms with Gasteiger partial charge in [0, 0.05) is 18.8 Å². The lowest BCUT2D eigenvalue weighted by molar-refractivity contribution is -0.143. The number of hydrogen-bond acceptors (Lipinski definition) is 2. The Kier molecular flexibility index (Phi) is 5.37. The molecule has 0 radical (unpaired) electrons. The lowest BCUT2D eigenvalue weighted by Crippen LogP contribution is -2.42. The van der Waals surface area contributed by atoms with Crippen LogP contribution in [0.5, 0.6) is 0 Å². The van der Waals surface area contributed by atoms with E-state index in [0.717, 1.165) is 48.9 Å². The van der Waals surface area contributed by atoms with Gasteiger partial charge in [0.2, 0.25) is 0 Å². The number of aryl methyl sites for hydroxylation is 2. The van der Waals surface area contributed by atoms with Crippen molar-refractivity contribution in [1.82, 2.24) is 4.90 Å². The standard InChI is InChI=1S/C17H24N2O2/c1-3-13-9-8-10-14(4-2)15(13)18-16(20)17(21)19-11-6-5-7-12-19/h8-10H,3-7,11-12H2,1-2H3,(H,18,20). The Balaban J connectivity index is 2.13. The van der Waals surface area contributed by atoms with E-state index in [2.05, 4.69) is 19.2 Å². The third kappa shape index (κ3) is 3.63. The molecule has 1 aliphatic heterocycles. The molecule has 4 heteroatoms. The maximum absolute atomic E-state index is 12.2. The van der Waals surface area contributed by atoms with Gasteiger partial charge in [-0.25, -0.2) is 0 Å². The van der Waals surface area contributed by atoms with E-state index in [9.17, 15) is 9.59 Å². The van der Waals surface area contributed by atoms with Crippen molar-refractivity contribution in [3.8, 4) is 0 Å². The van der Waals surface area contributed by atoms with E-state index in [-0.39, 0.29) is 0 Å². The van der Waals surface area contributed by atoms with Gasteiger partial charge < -0.3 is 10.2 Å². The summed E-state index contributed by atoms with van der Waals surface area (Å²) in [4.78, 5) is 26.1. The van der Waals surface area contributed by atoms with Gasteiger partial charge in [-0.1, -0.05) is 32.0 Å². The Morgan fingerprint density at radius 1 is 1.05 bits per heavy atom.